The van der Waals surface area contributed by atoms with Crippen LogP contribution < -0.4 is 5.32 Å². The summed E-state index contributed by atoms with van der Waals surface area (Å²) in [5.41, 5.74) is 1.11. The lowest BCUT2D eigenvalue weighted by Gasteiger charge is -2.26. The van der Waals surface area contributed by atoms with Crippen molar-refractivity contribution < 1.29 is 0 Å². The number of aryl methyl sites for hydroxylation is 2. The standard InChI is InChI=1S/C9H15N3/c1-8-2-4-12(11-8)5-3-9-6-10-7-9/h2,4,9-10H,3,5-7H2,1H3. The molecule has 1 aromatic heterocycles. The molecule has 1 N–H and O–H groups in total. The summed E-state index contributed by atoms with van der Waals surface area (Å²) in [6.45, 7) is 5.49. The van der Waals surface area contributed by atoms with Gasteiger partial charge in [-0.2, -0.15) is 5.10 Å². The van der Waals surface area contributed by atoms with Crippen molar-refractivity contribution in [2.75, 3.05) is 13.1 Å². The molecule has 1 aliphatic rings. The summed E-state index contributed by atoms with van der Waals surface area (Å²) in [5.74, 6) is 0.884. The van der Waals surface area contributed by atoms with Gasteiger partial charge in [-0.05, 0) is 38.4 Å². The van der Waals surface area contributed by atoms with E-state index in [1.807, 2.05) is 11.6 Å². The third-order valence-electron chi connectivity index (χ3n) is 2.41. The fourth-order valence-electron chi connectivity index (χ4n) is 1.46. The molecule has 0 radical (unpaired) electrons. The van der Waals surface area contributed by atoms with Crippen LogP contribution in [0.25, 0.3) is 0 Å². The van der Waals surface area contributed by atoms with Crippen molar-refractivity contribution in [3.63, 3.8) is 0 Å². The molecule has 0 amide bonds. The zero-order chi connectivity index (χ0) is 8.39. The molecule has 0 aliphatic carbocycles. The lowest BCUT2D eigenvalue weighted by molar-refractivity contribution is 0.306. The monoisotopic (exact) mass is 165 g/mol. The lowest BCUT2D eigenvalue weighted by Crippen LogP contribution is -2.42. The fraction of sp³-hybridized carbons (Fsp3) is 0.667. The quantitative estimate of drug-likeness (QED) is 0.718. The van der Waals surface area contributed by atoms with Crippen LogP contribution in [-0.2, 0) is 6.54 Å². The number of hydrogen-bond donors (Lipinski definition) is 1. The SMILES string of the molecule is Cc1ccn(CCC2CNC2)n1. The zero-order valence-electron chi connectivity index (χ0n) is 7.45. The Kier molecular flexibility index (Phi) is 2.13. The van der Waals surface area contributed by atoms with E-state index in [9.17, 15) is 0 Å². The third-order valence-corrected chi connectivity index (χ3v) is 2.41. The molecule has 2 rings (SSSR count). The highest BCUT2D eigenvalue weighted by atomic mass is 15.3. The van der Waals surface area contributed by atoms with Gasteiger partial charge in [0.25, 0.3) is 0 Å². The molecule has 1 saturated heterocycles. The first-order valence-electron chi connectivity index (χ1n) is 4.55. The van der Waals surface area contributed by atoms with Gasteiger partial charge in [-0.3, -0.25) is 4.68 Å². The van der Waals surface area contributed by atoms with Crippen LogP contribution in [0.1, 0.15) is 12.1 Å². The maximum atomic E-state index is 4.34. The highest BCUT2D eigenvalue weighted by Crippen LogP contribution is 2.09. The minimum Gasteiger partial charge on any atom is -0.316 e. The Morgan fingerprint density at radius 3 is 3.00 bits per heavy atom. The van der Waals surface area contributed by atoms with E-state index in [-0.39, 0.29) is 0 Å². The van der Waals surface area contributed by atoms with E-state index >= 15 is 0 Å². The number of aromatic nitrogens is 2. The molecule has 3 heteroatoms. The van der Waals surface area contributed by atoms with Crippen molar-refractivity contribution >= 4 is 0 Å². The summed E-state index contributed by atoms with van der Waals surface area (Å²) in [4.78, 5) is 0. The highest BCUT2D eigenvalue weighted by Gasteiger charge is 2.15. The average molecular weight is 165 g/mol. The molecule has 1 aliphatic heterocycles. The molecule has 12 heavy (non-hydrogen) atoms. The van der Waals surface area contributed by atoms with Gasteiger partial charge in [-0.25, -0.2) is 0 Å². The summed E-state index contributed by atoms with van der Waals surface area (Å²) in [7, 11) is 0. The van der Waals surface area contributed by atoms with Crippen LogP contribution in [0.15, 0.2) is 12.3 Å². The lowest BCUT2D eigenvalue weighted by atomic mass is 10.00. The molecule has 66 valence electrons. The smallest absolute Gasteiger partial charge is 0.0593 e. The maximum Gasteiger partial charge on any atom is 0.0593 e. The van der Waals surface area contributed by atoms with E-state index in [1.165, 1.54) is 19.5 Å². The number of nitrogens with one attached hydrogen (secondary N) is 1. The Hall–Kier alpha value is -0.830. The summed E-state index contributed by atoms with van der Waals surface area (Å²) in [6, 6.07) is 2.05. The molecule has 1 fully saturated rings. The Morgan fingerprint density at radius 2 is 2.50 bits per heavy atom. The molecular formula is C9H15N3. The van der Waals surface area contributed by atoms with E-state index in [0.29, 0.717) is 0 Å². The summed E-state index contributed by atoms with van der Waals surface area (Å²) < 4.78 is 2.04. The van der Waals surface area contributed by atoms with Crippen molar-refractivity contribution in [1.29, 1.82) is 0 Å². The predicted molar refractivity (Wildman–Crippen MR) is 47.9 cm³/mol. The second-order valence-corrected chi connectivity index (χ2v) is 3.53. The molecule has 0 aromatic carbocycles. The van der Waals surface area contributed by atoms with Gasteiger partial charge in [0.2, 0.25) is 0 Å². The van der Waals surface area contributed by atoms with Crippen LogP contribution in [-0.4, -0.2) is 22.9 Å². The Bertz CT molecular complexity index is 250. The molecule has 2 heterocycles. The zero-order valence-corrected chi connectivity index (χ0v) is 7.45. The van der Waals surface area contributed by atoms with E-state index < -0.39 is 0 Å². The largest absolute Gasteiger partial charge is 0.316 e. The van der Waals surface area contributed by atoms with Crippen molar-refractivity contribution in [1.82, 2.24) is 15.1 Å². The van der Waals surface area contributed by atoms with Crippen molar-refractivity contribution in [2.45, 2.75) is 19.9 Å². The molecular weight excluding hydrogens is 150 g/mol. The van der Waals surface area contributed by atoms with Crippen molar-refractivity contribution in [3.8, 4) is 0 Å². The molecule has 0 atom stereocenters. The first-order chi connectivity index (χ1) is 5.84. The highest BCUT2D eigenvalue weighted by molar-refractivity contribution is 4.94. The van der Waals surface area contributed by atoms with Crippen molar-refractivity contribution in [2.24, 2.45) is 5.92 Å². The number of nitrogens with zero attached hydrogens (tertiary/aromatic N) is 2. The minimum absolute atomic E-state index is 0.884. The van der Waals surface area contributed by atoms with Crippen LogP contribution in [0.5, 0.6) is 0 Å². The van der Waals surface area contributed by atoms with Gasteiger partial charge in [0.1, 0.15) is 0 Å². The fourth-order valence-corrected chi connectivity index (χ4v) is 1.46. The normalized spacial score (nSPS) is 17.8. The molecule has 1 aromatic rings. The van der Waals surface area contributed by atoms with Gasteiger partial charge in [-0.1, -0.05) is 0 Å². The van der Waals surface area contributed by atoms with Gasteiger partial charge in [0, 0.05) is 12.7 Å². The maximum absolute atomic E-state index is 4.34. The minimum atomic E-state index is 0.884. The van der Waals surface area contributed by atoms with E-state index in [4.69, 9.17) is 0 Å². The number of hydrogen-bond acceptors (Lipinski definition) is 2. The van der Waals surface area contributed by atoms with E-state index in [0.717, 1.165) is 18.2 Å². The van der Waals surface area contributed by atoms with Crippen LogP contribution in [0.4, 0.5) is 0 Å². The molecule has 3 nitrogen and oxygen atoms in total. The second kappa shape index (κ2) is 3.27. The van der Waals surface area contributed by atoms with Crippen LogP contribution >= 0.6 is 0 Å². The Balaban J connectivity index is 1.79. The molecule has 0 spiro atoms. The summed E-state index contributed by atoms with van der Waals surface area (Å²) in [6.07, 6.45) is 3.32. The second-order valence-electron chi connectivity index (χ2n) is 3.53. The first kappa shape index (κ1) is 7.80. The van der Waals surface area contributed by atoms with Gasteiger partial charge >= 0.3 is 0 Å². The van der Waals surface area contributed by atoms with Crippen LogP contribution in [0.3, 0.4) is 0 Å². The van der Waals surface area contributed by atoms with Crippen LogP contribution in [0.2, 0.25) is 0 Å². The predicted octanol–water partition coefficient (Wildman–Crippen LogP) is 0.801. The van der Waals surface area contributed by atoms with Gasteiger partial charge < -0.3 is 5.32 Å². The Morgan fingerprint density at radius 1 is 1.67 bits per heavy atom. The van der Waals surface area contributed by atoms with Crippen molar-refractivity contribution in [3.05, 3.63) is 18.0 Å². The Labute approximate surface area is 72.8 Å². The third kappa shape index (κ3) is 1.67. The van der Waals surface area contributed by atoms with Gasteiger partial charge in [-0.15, -0.1) is 0 Å². The van der Waals surface area contributed by atoms with Gasteiger partial charge in [0.15, 0.2) is 0 Å². The molecule has 0 unspecified atom stereocenters. The molecule has 0 bridgehead atoms. The average Bonchev–Trinajstić information content (AvgIpc) is 2.32. The van der Waals surface area contributed by atoms with E-state index in [1.54, 1.807) is 0 Å². The summed E-state index contributed by atoms with van der Waals surface area (Å²) >= 11 is 0. The van der Waals surface area contributed by atoms with Gasteiger partial charge in [0.05, 0.1) is 5.69 Å². The topological polar surface area (TPSA) is 29.9 Å². The van der Waals surface area contributed by atoms with Crippen LogP contribution in [0, 0.1) is 12.8 Å². The first-order valence-corrected chi connectivity index (χ1v) is 4.55. The molecule has 0 saturated carbocycles. The summed E-state index contributed by atoms with van der Waals surface area (Å²) in [5, 5.41) is 7.61. The number of rotatable bonds is 3. The van der Waals surface area contributed by atoms with E-state index in [2.05, 4.69) is 22.7 Å².